The van der Waals surface area contributed by atoms with Gasteiger partial charge in [-0.15, -0.1) is 0 Å². The van der Waals surface area contributed by atoms with Gasteiger partial charge < -0.3 is 15.1 Å². The van der Waals surface area contributed by atoms with Gasteiger partial charge in [-0.25, -0.2) is 4.39 Å². The van der Waals surface area contributed by atoms with Crippen molar-refractivity contribution in [1.82, 2.24) is 5.32 Å². The molecular weight excluding hydrogens is 401 g/mol. The molecule has 0 saturated carbocycles. The van der Waals surface area contributed by atoms with E-state index in [1.807, 2.05) is 36.4 Å². The zero-order chi connectivity index (χ0) is 21.9. The van der Waals surface area contributed by atoms with E-state index in [4.69, 9.17) is 0 Å². The number of fused-ring (bicyclic) bond motifs is 3. The van der Waals surface area contributed by atoms with Crippen LogP contribution in [0.1, 0.15) is 11.1 Å². The zero-order valence-electron chi connectivity index (χ0n) is 18.1. The summed E-state index contributed by atoms with van der Waals surface area (Å²) >= 11 is 0. The van der Waals surface area contributed by atoms with Crippen LogP contribution in [0, 0.1) is 11.7 Å². The summed E-state index contributed by atoms with van der Waals surface area (Å²) in [6.45, 7) is 2.74. The fourth-order valence-electron chi connectivity index (χ4n) is 5.09. The molecule has 0 spiro atoms. The summed E-state index contributed by atoms with van der Waals surface area (Å²) in [5, 5.41) is 3.17. The van der Waals surface area contributed by atoms with Gasteiger partial charge in [-0.05, 0) is 42.2 Å². The summed E-state index contributed by atoms with van der Waals surface area (Å²) in [5.41, 5.74) is 4.26. The Morgan fingerprint density at radius 1 is 0.906 bits per heavy atom. The number of nitrogens with one attached hydrogen (secondary N) is 1. The minimum Gasteiger partial charge on any atom is -0.365 e. The smallest absolute Gasteiger partial charge is 0.225 e. The first-order valence-corrected chi connectivity index (χ1v) is 11.4. The Morgan fingerprint density at radius 3 is 2.44 bits per heavy atom. The van der Waals surface area contributed by atoms with Crippen molar-refractivity contribution in [2.45, 2.75) is 18.9 Å². The Kier molecular flexibility index (Phi) is 5.80. The van der Waals surface area contributed by atoms with E-state index < -0.39 is 0 Å². The molecule has 1 saturated heterocycles. The van der Waals surface area contributed by atoms with E-state index in [1.165, 1.54) is 22.9 Å². The molecule has 5 heteroatoms. The highest BCUT2D eigenvalue weighted by atomic mass is 19.1. The van der Waals surface area contributed by atoms with Gasteiger partial charge in [0.15, 0.2) is 0 Å². The molecule has 5 rings (SSSR count). The van der Waals surface area contributed by atoms with Crippen molar-refractivity contribution in [3.05, 3.63) is 95.8 Å². The van der Waals surface area contributed by atoms with Crippen molar-refractivity contribution < 1.29 is 9.18 Å². The maximum atomic E-state index is 14.5. The van der Waals surface area contributed by atoms with Gasteiger partial charge in [0, 0.05) is 31.9 Å². The monoisotopic (exact) mass is 429 g/mol. The molecule has 0 aromatic heterocycles. The fourth-order valence-corrected chi connectivity index (χ4v) is 5.09. The largest absolute Gasteiger partial charge is 0.365 e. The van der Waals surface area contributed by atoms with E-state index in [0.717, 1.165) is 19.5 Å². The second-order valence-electron chi connectivity index (χ2n) is 8.62. The lowest BCUT2D eigenvalue weighted by Crippen LogP contribution is -2.61. The van der Waals surface area contributed by atoms with Gasteiger partial charge in [-0.1, -0.05) is 60.7 Å². The van der Waals surface area contributed by atoms with Gasteiger partial charge >= 0.3 is 0 Å². The van der Waals surface area contributed by atoms with Crippen LogP contribution in [0.5, 0.6) is 0 Å². The van der Waals surface area contributed by atoms with Crippen LogP contribution in [-0.2, 0) is 17.6 Å². The number of halogens is 1. The number of anilines is 2. The molecule has 2 atom stereocenters. The molecule has 1 amide bonds. The number of para-hydroxylation sites is 2. The number of benzene rings is 3. The van der Waals surface area contributed by atoms with Crippen molar-refractivity contribution in [2.24, 2.45) is 5.92 Å². The number of hydrogen-bond acceptors (Lipinski definition) is 3. The van der Waals surface area contributed by atoms with Crippen molar-refractivity contribution in [1.29, 1.82) is 0 Å². The van der Waals surface area contributed by atoms with E-state index >= 15 is 0 Å². The maximum absolute atomic E-state index is 14.5. The summed E-state index contributed by atoms with van der Waals surface area (Å²) in [5.74, 6) is -0.294. The van der Waals surface area contributed by atoms with Crippen LogP contribution >= 0.6 is 0 Å². The Labute approximate surface area is 188 Å². The topological polar surface area (TPSA) is 35.6 Å². The average molecular weight is 430 g/mol. The van der Waals surface area contributed by atoms with E-state index in [-0.39, 0.29) is 23.7 Å². The second-order valence-corrected chi connectivity index (χ2v) is 8.62. The van der Waals surface area contributed by atoms with Crippen LogP contribution in [-0.4, -0.2) is 38.1 Å². The highest BCUT2D eigenvalue weighted by Crippen LogP contribution is 2.37. The fraction of sp³-hybridized carbons (Fsp3) is 0.296. The molecule has 0 radical (unpaired) electrons. The number of piperazine rings is 1. The van der Waals surface area contributed by atoms with Gasteiger partial charge in [-0.2, -0.15) is 0 Å². The predicted octanol–water partition coefficient (Wildman–Crippen LogP) is 4.05. The summed E-state index contributed by atoms with van der Waals surface area (Å²) in [6.07, 6.45) is 1.52. The summed E-state index contributed by atoms with van der Waals surface area (Å²) in [4.78, 5) is 17.8. The molecule has 164 valence electrons. The first-order chi connectivity index (χ1) is 15.7. The van der Waals surface area contributed by atoms with Crippen molar-refractivity contribution >= 4 is 17.3 Å². The quantitative estimate of drug-likeness (QED) is 0.665. The highest BCUT2D eigenvalue weighted by Gasteiger charge is 2.41. The number of amides is 1. The van der Waals surface area contributed by atoms with Gasteiger partial charge in [0.05, 0.1) is 17.6 Å². The first-order valence-electron chi connectivity index (χ1n) is 11.4. The highest BCUT2D eigenvalue weighted by molar-refractivity contribution is 5.82. The van der Waals surface area contributed by atoms with E-state index in [1.54, 1.807) is 6.07 Å². The molecular formula is C27H28FN3O. The predicted molar refractivity (Wildman–Crippen MR) is 127 cm³/mol. The molecule has 0 bridgehead atoms. The Balaban J connectivity index is 1.35. The first kappa shape index (κ1) is 20.6. The van der Waals surface area contributed by atoms with Crippen molar-refractivity contribution in [3.63, 3.8) is 0 Å². The van der Waals surface area contributed by atoms with Gasteiger partial charge in [0.25, 0.3) is 0 Å². The van der Waals surface area contributed by atoms with Crippen LogP contribution in [0.25, 0.3) is 0 Å². The Bertz CT molecular complexity index is 1090. The number of carbonyl (C=O) groups is 1. The Hall–Kier alpha value is -3.34. The van der Waals surface area contributed by atoms with Gasteiger partial charge in [0.2, 0.25) is 5.91 Å². The van der Waals surface area contributed by atoms with Crippen LogP contribution in [0.4, 0.5) is 15.8 Å². The second kappa shape index (κ2) is 9.03. The molecule has 2 aliphatic rings. The lowest BCUT2D eigenvalue weighted by atomic mass is 9.83. The molecule has 3 aromatic carbocycles. The average Bonchev–Trinajstić information content (AvgIpc) is 2.84. The molecule has 2 aliphatic heterocycles. The number of nitrogens with zero attached hydrogens (tertiary/aromatic N) is 2. The molecule has 1 fully saturated rings. The molecule has 0 aliphatic carbocycles. The summed E-state index contributed by atoms with van der Waals surface area (Å²) in [7, 11) is 0. The molecule has 3 aromatic rings. The lowest BCUT2D eigenvalue weighted by Gasteiger charge is -2.49. The molecule has 1 N–H and O–H groups in total. The number of hydrogen-bond donors (Lipinski definition) is 1. The van der Waals surface area contributed by atoms with Crippen molar-refractivity contribution in [3.8, 4) is 0 Å². The summed E-state index contributed by atoms with van der Waals surface area (Å²) < 4.78 is 14.5. The normalized spacial score (nSPS) is 19.8. The van der Waals surface area contributed by atoms with Crippen LogP contribution in [0.2, 0.25) is 0 Å². The third-order valence-corrected chi connectivity index (χ3v) is 6.71. The SMILES string of the molecule is O=C(NCCc1ccccc1)[C@H]1Cc2ccccc2N2CCN(c3ccccc3F)C[C@@H]12. The summed E-state index contributed by atoms with van der Waals surface area (Å²) in [6, 6.07) is 25.5. The Morgan fingerprint density at radius 2 is 1.62 bits per heavy atom. The minimum atomic E-state index is -0.207. The van der Waals surface area contributed by atoms with E-state index in [9.17, 15) is 9.18 Å². The minimum absolute atomic E-state index is 0.00924. The van der Waals surface area contributed by atoms with Crippen LogP contribution in [0.15, 0.2) is 78.9 Å². The van der Waals surface area contributed by atoms with Gasteiger partial charge in [-0.3, -0.25) is 4.79 Å². The molecule has 4 nitrogen and oxygen atoms in total. The molecule has 0 unspecified atom stereocenters. The van der Waals surface area contributed by atoms with Gasteiger partial charge in [0.1, 0.15) is 5.82 Å². The zero-order valence-corrected chi connectivity index (χ0v) is 18.1. The van der Waals surface area contributed by atoms with Crippen molar-refractivity contribution in [2.75, 3.05) is 36.0 Å². The van der Waals surface area contributed by atoms with E-state index in [2.05, 4.69) is 45.4 Å². The molecule has 2 heterocycles. The third-order valence-electron chi connectivity index (χ3n) is 6.71. The standard InChI is InChI=1S/C27H28FN3O/c28-23-11-5-7-13-25(23)30-16-17-31-24-12-6-4-10-21(24)18-22(26(31)19-30)27(32)29-15-14-20-8-2-1-3-9-20/h1-13,22,26H,14-19H2,(H,29,32)/t22-,26-/m0/s1. The van der Waals surface area contributed by atoms with Crippen LogP contribution < -0.4 is 15.1 Å². The van der Waals surface area contributed by atoms with E-state index in [0.29, 0.717) is 25.2 Å². The maximum Gasteiger partial charge on any atom is 0.225 e. The molecule has 32 heavy (non-hydrogen) atoms. The number of rotatable bonds is 5. The number of carbonyl (C=O) groups excluding carboxylic acids is 1. The lowest BCUT2D eigenvalue weighted by molar-refractivity contribution is -0.125. The third kappa shape index (κ3) is 4.07. The van der Waals surface area contributed by atoms with Crippen LogP contribution in [0.3, 0.4) is 0 Å².